The molecule has 1 aliphatic carbocycles. The lowest BCUT2D eigenvalue weighted by molar-refractivity contribution is -0.141. The Morgan fingerprint density at radius 3 is 2.75 bits per heavy atom. The molecule has 3 aliphatic rings. The molecule has 1 aromatic rings. The predicted octanol–water partition coefficient (Wildman–Crippen LogP) is 0.889. The maximum absolute atomic E-state index is 13.1. The zero-order valence-electron chi connectivity index (χ0n) is 16.2. The molecule has 3 fully saturated rings. The average Bonchev–Trinajstić information content (AvgIpc) is 3.54. The van der Waals surface area contributed by atoms with E-state index in [1.807, 2.05) is 24.3 Å². The Morgan fingerprint density at radius 2 is 2.04 bits per heavy atom. The molecule has 2 saturated heterocycles. The highest BCUT2D eigenvalue weighted by molar-refractivity contribution is 6.09. The van der Waals surface area contributed by atoms with Gasteiger partial charge in [0.2, 0.25) is 5.91 Å². The number of hydrogen-bond acceptors (Lipinski definition) is 5. The lowest BCUT2D eigenvalue weighted by atomic mass is 9.96. The maximum atomic E-state index is 13.1. The molecule has 8 nitrogen and oxygen atoms in total. The molecular weight excluding hydrogens is 360 g/mol. The molecule has 2 atom stereocenters. The molecule has 1 aromatic carbocycles. The van der Waals surface area contributed by atoms with Crippen molar-refractivity contribution in [1.82, 2.24) is 20.4 Å². The first-order valence-corrected chi connectivity index (χ1v) is 9.73. The van der Waals surface area contributed by atoms with Crippen molar-refractivity contribution in [2.45, 2.75) is 31.3 Å². The smallest absolute Gasteiger partial charge is 0.325 e. The summed E-state index contributed by atoms with van der Waals surface area (Å²) in [6.07, 6.45) is 1.86. The van der Waals surface area contributed by atoms with E-state index in [1.54, 1.807) is 18.9 Å². The standard InChI is InChI=1S/C20H26N4O4/c1-20(13-7-8-13)18(26)24(19(27)22-20)12-17(25)23-10-9-21-11-15(23)14-5-3-4-6-16(14)28-2/h3-6,13,15,21H,7-12H2,1-2H3,(H,22,27). The van der Waals surface area contributed by atoms with E-state index < -0.39 is 11.6 Å². The summed E-state index contributed by atoms with van der Waals surface area (Å²) in [7, 11) is 1.60. The van der Waals surface area contributed by atoms with E-state index in [0.717, 1.165) is 23.3 Å². The number of methoxy groups -OCH3 is 1. The summed E-state index contributed by atoms with van der Waals surface area (Å²) in [5.74, 6) is 0.355. The third-order valence-electron chi connectivity index (χ3n) is 6.05. The zero-order chi connectivity index (χ0) is 19.9. The van der Waals surface area contributed by atoms with Gasteiger partial charge in [0, 0.05) is 25.2 Å². The van der Waals surface area contributed by atoms with Gasteiger partial charge in [-0.1, -0.05) is 18.2 Å². The van der Waals surface area contributed by atoms with Crippen molar-refractivity contribution in [3.8, 4) is 5.75 Å². The molecule has 2 N–H and O–H groups in total. The van der Waals surface area contributed by atoms with E-state index in [4.69, 9.17) is 4.74 Å². The molecule has 8 heteroatoms. The Hall–Kier alpha value is -2.61. The van der Waals surface area contributed by atoms with Gasteiger partial charge in [0.1, 0.15) is 17.8 Å². The van der Waals surface area contributed by atoms with E-state index in [-0.39, 0.29) is 30.3 Å². The number of benzene rings is 1. The quantitative estimate of drug-likeness (QED) is 0.734. The van der Waals surface area contributed by atoms with Crippen LogP contribution in [0.3, 0.4) is 0 Å². The van der Waals surface area contributed by atoms with Gasteiger partial charge >= 0.3 is 6.03 Å². The summed E-state index contributed by atoms with van der Waals surface area (Å²) < 4.78 is 5.46. The lowest BCUT2D eigenvalue weighted by Crippen LogP contribution is -2.52. The van der Waals surface area contributed by atoms with Crippen LogP contribution in [0, 0.1) is 5.92 Å². The number of carbonyl (C=O) groups is 3. The van der Waals surface area contributed by atoms with Crippen molar-refractivity contribution in [1.29, 1.82) is 0 Å². The van der Waals surface area contributed by atoms with Crippen LogP contribution in [0.1, 0.15) is 31.4 Å². The summed E-state index contributed by atoms with van der Waals surface area (Å²) >= 11 is 0. The second-order valence-electron chi connectivity index (χ2n) is 7.85. The first-order chi connectivity index (χ1) is 13.5. The highest BCUT2D eigenvalue weighted by atomic mass is 16.5. The third-order valence-corrected chi connectivity index (χ3v) is 6.05. The minimum absolute atomic E-state index is 0.171. The summed E-state index contributed by atoms with van der Waals surface area (Å²) in [6.45, 7) is 3.28. The molecule has 0 aromatic heterocycles. The topological polar surface area (TPSA) is 91.0 Å². The van der Waals surface area contributed by atoms with Gasteiger partial charge in [-0.15, -0.1) is 0 Å². The summed E-state index contributed by atoms with van der Waals surface area (Å²) in [5, 5.41) is 6.10. The van der Waals surface area contributed by atoms with Crippen molar-refractivity contribution in [3.05, 3.63) is 29.8 Å². The molecule has 0 spiro atoms. The number of para-hydroxylation sites is 1. The van der Waals surface area contributed by atoms with Gasteiger partial charge in [-0.25, -0.2) is 4.79 Å². The maximum Gasteiger partial charge on any atom is 0.325 e. The van der Waals surface area contributed by atoms with Gasteiger partial charge in [0.05, 0.1) is 13.2 Å². The van der Waals surface area contributed by atoms with Crippen LogP contribution in [-0.4, -0.2) is 66.5 Å². The lowest BCUT2D eigenvalue weighted by Gasteiger charge is -2.37. The molecule has 0 radical (unpaired) electrons. The number of hydrogen-bond donors (Lipinski definition) is 2. The number of nitrogens with one attached hydrogen (secondary N) is 2. The van der Waals surface area contributed by atoms with Crippen molar-refractivity contribution in [3.63, 3.8) is 0 Å². The number of ether oxygens (including phenoxy) is 1. The first kappa shape index (κ1) is 18.7. The largest absolute Gasteiger partial charge is 0.496 e. The third kappa shape index (κ3) is 3.11. The number of carbonyl (C=O) groups excluding carboxylic acids is 3. The molecule has 28 heavy (non-hydrogen) atoms. The number of piperazine rings is 1. The SMILES string of the molecule is COc1ccccc1C1CNCCN1C(=O)CN1C(=O)NC(C)(C2CC2)C1=O. The van der Waals surface area contributed by atoms with Crippen LogP contribution in [0.15, 0.2) is 24.3 Å². The Kier molecular flexibility index (Phi) is 4.74. The fraction of sp³-hybridized carbons (Fsp3) is 0.550. The minimum atomic E-state index is -0.872. The number of imide groups is 1. The zero-order valence-corrected chi connectivity index (χ0v) is 16.2. The number of amides is 4. The van der Waals surface area contributed by atoms with Crippen molar-refractivity contribution < 1.29 is 19.1 Å². The van der Waals surface area contributed by atoms with E-state index in [0.29, 0.717) is 25.4 Å². The van der Waals surface area contributed by atoms with E-state index >= 15 is 0 Å². The van der Waals surface area contributed by atoms with Crippen molar-refractivity contribution in [2.75, 3.05) is 33.3 Å². The number of nitrogens with zero attached hydrogens (tertiary/aromatic N) is 2. The van der Waals surface area contributed by atoms with E-state index in [2.05, 4.69) is 10.6 Å². The normalized spacial score (nSPS) is 27.7. The van der Waals surface area contributed by atoms with Crippen LogP contribution in [-0.2, 0) is 9.59 Å². The van der Waals surface area contributed by atoms with Crippen LogP contribution in [0.5, 0.6) is 5.75 Å². The Bertz CT molecular complexity index is 809. The highest BCUT2D eigenvalue weighted by Gasteiger charge is 2.56. The molecule has 4 amide bonds. The molecule has 0 bridgehead atoms. The van der Waals surface area contributed by atoms with Crippen LogP contribution in [0.4, 0.5) is 4.79 Å². The highest BCUT2D eigenvalue weighted by Crippen LogP contribution is 2.42. The molecule has 4 rings (SSSR count). The summed E-state index contributed by atoms with van der Waals surface area (Å²) in [6, 6.07) is 6.91. The van der Waals surface area contributed by atoms with Crippen molar-refractivity contribution in [2.24, 2.45) is 5.92 Å². The monoisotopic (exact) mass is 386 g/mol. The molecule has 2 heterocycles. The number of rotatable bonds is 5. The predicted molar refractivity (Wildman–Crippen MR) is 102 cm³/mol. The van der Waals surface area contributed by atoms with Crippen LogP contribution < -0.4 is 15.4 Å². The molecule has 1 saturated carbocycles. The number of urea groups is 1. The summed E-state index contributed by atoms with van der Waals surface area (Å²) in [5.41, 5.74) is 0.0358. The van der Waals surface area contributed by atoms with Gasteiger partial charge in [0.15, 0.2) is 0 Å². The summed E-state index contributed by atoms with van der Waals surface area (Å²) in [4.78, 5) is 41.1. The molecular formula is C20H26N4O4. The van der Waals surface area contributed by atoms with E-state index in [1.165, 1.54) is 0 Å². The minimum Gasteiger partial charge on any atom is -0.496 e. The van der Waals surface area contributed by atoms with Crippen LogP contribution in [0.25, 0.3) is 0 Å². The van der Waals surface area contributed by atoms with E-state index in [9.17, 15) is 14.4 Å². The first-order valence-electron chi connectivity index (χ1n) is 9.73. The Morgan fingerprint density at radius 1 is 1.29 bits per heavy atom. The van der Waals surface area contributed by atoms with Crippen LogP contribution in [0.2, 0.25) is 0 Å². The van der Waals surface area contributed by atoms with Crippen molar-refractivity contribution >= 4 is 17.8 Å². The van der Waals surface area contributed by atoms with Gasteiger partial charge in [-0.05, 0) is 31.7 Å². The van der Waals surface area contributed by atoms with Crippen LogP contribution >= 0.6 is 0 Å². The Labute approximate surface area is 164 Å². The van der Waals surface area contributed by atoms with Gasteiger partial charge in [0.25, 0.3) is 5.91 Å². The molecule has 2 aliphatic heterocycles. The van der Waals surface area contributed by atoms with Gasteiger partial charge in [-0.2, -0.15) is 0 Å². The second kappa shape index (κ2) is 7.09. The Balaban J connectivity index is 1.53. The fourth-order valence-electron chi connectivity index (χ4n) is 4.25. The molecule has 150 valence electrons. The fourth-order valence-corrected chi connectivity index (χ4v) is 4.25. The average molecular weight is 386 g/mol. The van der Waals surface area contributed by atoms with Gasteiger partial charge < -0.3 is 20.3 Å². The van der Waals surface area contributed by atoms with Gasteiger partial charge in [-0.3, -0.25) is 14.5 Å². The molecule has 2 unspecified atom stereocenters. The second-order valence-corrected chi connectivity index (χ2v) is 7.85.